The number of piperazine rings is 1. The number of amides is 1. The van der Waals surface area contributed by atoms with E-state index in [2.05, 4.69) is 37.5 Å². The van der Waals surface area contributed by atoms with Crippen molar-refractivity contribution in [2.45, 2.75) is 83.8 Å². The van der Waals surface area contributed by atoms with E-state index in [1.54, 1.807) is 37.4 Å². The lowest BCUT2D eigenvalue weighted by Gasteiger charge is -2.38. The molecule has 3 rings (SSSR count). The second kappa shape index (κ2) is 14.3. The van der Waals surface area contributed by atoms with Gasteiger partial charge >= 0.3 is 0 Å². The Morgan fingerprint density at radius 1 is 1.00 bits per heavy atom. The number of benzene rings is 1. The molecule has 0 aromatic heterocycles. The highest BCUT2D eigenvalue weighted by atomic mass is 32.2. The monoisotopic (exact) mass is 566 g/mol. The number of hydrogen-bond acceptors (Lipinski definition) is 7. The largest absolute Gasteiger partial charge is 0.497 e. The molecule has 1 atom stereocenters. The zero-order valence-electron chi connectivity index (χ0n) is 25.1. The highest BCUT2D eigenvalue weighted by Crippen LogP contribution is 2.32. The van der Waals surface area contributed by atoms with Crippen molar-refractivity contribution in [2.24, 2.45) is 0 Å². The summed E-state index contributed by atoms with van der Waals surface area (Å²) in [6, 6.07) is 4.28. The van der Waals surface area contributed by atoms with Crippen LogP contribution in [-0.4, -0.2) is 118 Å². The molecule has 9 nitrogen and oxygen atoms in total. The average Bonchev–Trinajstić information content (AvgIpc) is 2.88. The summed E-state index contributed by atoms with van der Waals surface area (Å²) in [5.41, 5.74) is 1.35. The Morgan fingerprint density at radius 3 is 2.18 bits per heavy atom. The molecular formula is C29H50N4O5S. The molecule has 10 heteroatoms. The van der Waals surface area contributed by atoms with Gasteiger partial charge in [0.1, 0.15) is 12.4 Å². The number of rotatable bonds is 12. The van der Waals surface area contributed by atoms with Gasteiger partial charge < -0.3 is 14.4 Å². The number of sulfonamides is 1. The van der Waals surface area contributed by atoms with Gasteiger partial charge in [0.25, 0.3) is 0 Å². The summed E-state index contributed by atoms with van der Waals surface area (Å²) in [4.78, 5) is 20.0. The van der Waals surface area contributed by atoms with E-state index in [1.165, 1.54) is 0 Å². The Morgan fingerprint density at radius 2 is 1.62 bits per heavy atom. The van der Waals surface area contributed by atoms with Crippen molar-refractivity contribution in [3.8, 4) is 5.75 Å². The van der Waals surface area contributed by atoms with Crippen molar-refractivity contribution in [3.63, 3.8) is 0 Å². The van der Waals surface area contributed by atoms with Gasteiger partial charge in [-0.1, -0.05) is 6.42 Å². The van der Waals surface area contributed by atoms with Crippen LogP contribution in [0.5, 0.6) is 5.75 Å². The Bertz CT molecular complexity index is 1020. The van der Waals surface area contributed by atoms with Crippen molar-refractivity contribution < 1.29 is 22.7 Å². The topological polar surface area (TPSA) is 82.6 Å². The first-order chi connectivity index (χ1) is 18.4. The van der Waals surface area contributed by atoms with Gasteiger partial charge in [-0.2, -0.15) is 4.31 Å². The molecule has 1 unspecified atom stereocenters. The first kappa shape index (κ1) is 31.8. The third-order valence-corrected chi connectivity index (χ3v) is 10.3. The van der Waals surface area contributed by atoms with Crippen LogP contribution >= 0.6 is 0 Å². The minimum Gasteiger partial charge on any atom is -0.497 e. The number of carbonyl (C=O) groups excluding carboxylic acids is 1. The van der Waals surface area contributed by atoms with Crippen molar-refractivity contribution in [3.05, 3.63) is 23.3 Å². The van der Waals surface area contributed by atoms with Crippen molar-refractivity contribution in [1.82, 2.24) is 19.0 Å². The van der Waals surface area contributed by atoms with Gasteiger partial charge in [-0.15, -0.1) is 0 Å². The van der Waals surface area contributed by atoms with Crippen LogP contribution < -0.4 is 4.74 Å². The van der Waals surface area contributed by atoms with Gasteiger partial charge in [0, 0.05) is 63.9 Å². The van der Waals surface area contributed by atoms with Crippen LogP contribution in [0.1, 0.15) is 58.1 Å². The quantitative estimate of drug-likeness (QED) is 0.385. The Balaban J connectivity index is 1.51. The fourth-order valence-corrected chi connectivity index (χ4v) is 8.07. The van der Waals surface area contributed by atoms with E-state index >= 15 is 0 Å². The van der Waals surface area contributed by atoms with Gasteiger partial charge in [0.15, 0.2) is 0 Å². The second-order valence-electron chi connectivity index (χ2n) is 11.5. The first-order valence-electron chi connectivity index (χ1n) is 14.5. The molecule has 0 bridgehead atoms. The summed E-state index contributed by atoms with van der Waals surface area (Å²) in [5, 5.41) is 0. The third-order valence-electron chi connectivity index (χ3n) is 8.07. The van der Waals surface area contributed by atoms with Gasteiger partial charge in [-0.25, -0.2) is 8.42 Å². The molecule has 222 valence electrons. The zero-order chi connectivity index (χ0) is 28.7. The van der Waals surface area contributed by atoms with Gasteiger partial charge in [-0.05, 0) is 77.6 Å². The van der Waals surface area contributed by atoms with Crippen molar-refractivity contribution in [1.29, 1.82) is 0 Å². The molecule has 2 aliphatic rings. The number of ether oxygens (including phenoxy) is 2. The normalized spacial score (nSPS) is 19.8. The molecule has 2 fully saturated rings. The number of aryl methyl sites for hydroxylation is 2. The molecule has 2 aliphatic heterocycles. The van der Waals surface area contributed by atoms with Crippen LogP contribution in [0.2, 0.25) is 0 Å². The Kier molecular flexibility index (Phi) is 11.6. The Labute approximate surface area is 236 Å². The molecule has 0 N–H and O–H groups in total. The number of nitrogens with zero attached hydrogens (tertiary/aromatic N) is 4. The SMILES string of the molecule is COc1cc(C)c(S(=O)(=O)N2CCCCC2COCC(=O)N2CCN(CCN(C(C)C)C(C)C)CC2)c(C)c1. The lowest BCUT2D eigenvalue weighted by molar-refractivity contribution is -0.138. The summed E-state index contributed by atoms with van der Waals surface area (Å²) in [6.45, 7) is 18.4. The van der Waals surface area contributed by atoms with Crippen LogP contribution in [-0.2, 0) is 19.6 Å². The zero-order valence-corrected chi connectivity index (χ0v) is 25.9. The highest BCUT2D eigenvalue weighted by molar-refractivity contribution is 7.89. The predicted molar refractivity (Wildman–Crippen MR) is 155 cm³/mol. The summed E-state index contributed by atoms with van der Waals surface area (Å²) in [7, 11) is -2.12. The van der Waals surface area contributed by atoms with E-state index in [0.29, 0.717) is 53.5 Å². The maximum Gasteiger partial charge on any atom is 0.248 e. The first-order valence-corrected chi connectivity index (χ1v) is 15.9. The molecule has 0 spiro atoms. The van der Waals surface area contributed by atoms with E-state index in [4.69, 9.17) is 9.47 Å². The molecule has 39 heavy (non-hydrogen) atoms. The third kappa shape index (κ3) is 8.16. The lowest BCUT2D eigenvalue weighted by Crippen LogP contribution is -2.52. The van der Waals surface area contributed by atoms with Gasteiger partial charge in [-0.3, -0.25) is 14.6 Å². The summed E-state index contributed by atoms with van der Waals surface area (Å²) < 4.78 is 40.2. The molecular weight excluding hydrogens is 516 g/mol. The summed E-state index contributed by atoms with van der Waals surface area (Å²) >= 11 is 0. The van der Waals surface area contributed by atoms with Crippen LogP contribution in [0.15, 0.2) is 17.0 Å². The highest BCUT2D eigenvalue weighted by Gasteiger charge is 2.36. The fraction of sp³-hybridized carbons (Fsp3) is 0.759. The van der Waals surface area contributed by atoms with Crippen LogP contribution in [0.3, 0.4) is 0 Å². The summed E-state index contributed by atoms with van der Waals surface area (Å²) in [5.74, 6) is 0.627. The molecule has 2 heterocycles. The molecule has 2 saturated heterocycles. The van der Waals surface area contributed by atoms with Crippen LogP contribution in [0, 0.1) is 13.8 Å². The number of carbonyl (C=O) groups is 1. The van der Waals surface area contributed by atoms with Gasteiger partial charge in [0.05, 0.1) is 18.6 Å². The van der Waals surface area contributed by atoms with E-state index in [9.17, 15) is 13.2 Å². The molecule has 1 aromatic carbocycles. The van der Waals surface area contributed by atoms with Crippen LogP contribution in [0.25, 0.3) is 0 Å². The number of methoxy groups -OCH3 is 1. The van der Waals surface area contributed by atoms with E-state index in [0.717, 1.165) is 45.4 Å². The van der Waals surface area contributed by atoms with Crippen molar-refractivity contribution in [2.75, 3.05) is 66.1 Å². The van der Waals surface area contributed by atoms with Gasteiger partial charge in [0.2, 0.25) is 15.9 Å². The Hall–Kier alpha value is -1.72. The lowest BCUT2D eigenvalue weighted by atomic mass is 10.1. The maximum absolute atomic E-state index is 13.7. The number of hydrogen-bond donors (Lipinski definition) is 0. The molecule has 1 amide bonds. The van der Waals surface area contributed by atoms with Crippen LogP contribution in [0.4, 0.5) is 0 Å². The molecule has 0 radical (unpaired) electrons. The standard InChI is InChI=1S/C29H50N4O5S/c1-22(2)32(23(3)4)17-14-30-12-15-31(16-13-30)28(34)21-38-20-26-10-8-9-11-33(26)39(35,36)29-24(5)18-27(37-7)19-25(29)6/h18-19,22-23,26H,8-17,20-21H2,1-7H3. The minimum absolute atomic E-state index is 0.0144. The fourth-order valence-electron chi connectivity index (χ4n) is 5.97. The number of piperidine rings is 1. The van der Waals surface area contributed by atoms with E-state index in [1.807, 2.05) is 4.90 Å². The predicted octanol–water partition coefficient (Wildman–Crippen LogP) is 3.13. The van der Waals surface area contributed by atoms with E-state index in [-0.39, 0.29) is 25.2 Å². The molecule has 0 saturated carbocycles. The minimum atomic E-state index is -3.70. The smallest absolute Gasteiger partial charge is 0.248 e. The van der Waals surface area contributed by atoms with Crippen molar-refractivity contribution >= 4 is 15.9 Å². The maximum atomic E-state index is 13.7. The second-order valence-corrected chi connectivity index (χ2v) is 13.3. The van der Waals surface area contributed by atoms with E-state index < -0.39 is 10.0 Å². The molecule has 1 aromatic rings. The average molecular weight is 567 g/mol. The molecule has 0 aliphatic carbocycles. The summed E-state index contributed by atoms with van der Waals surface area (Å²) in [6.07, 6.45) is 2.49.